The molecule has 1 aromatic carbocycles. The highest BCUT2D eigenvalue weighted by Gasteiger charge is 2.20. The maximum atomic E-state index is 10.8. The quantitative estimate of drug-likeness (QED) is 0.470. The molecule has 0 radical (unpaired) electrons. The minimum atomic E-state index is -0.857. The number of nitrogens with zero attached hydrogens (tertiary/aromatic N) is 3. The van der Waals surface area contributed by atoms with Gasteiger partial charge in [-0.3, -0.25) is 0 Å². The number of piperazine rings is 1. The molecule has 2 N–H and O–H groups in total. The molecule has 6 nitrogen and oxygen atoms in total. The number of amides is 1. The average Bonchev–Trinajstić information content (AvgIpc) is 2.40. The zero-order valence-electron chi connectivity index (χ0n) is 9.86. The van der Waals surface area contributed by atoms with Crippen LogP contribution in [0.15, 0.2) is 29.4 Å². The third-order valence-corrected chi connectivity index (χ3v) is 3.02. The Morgan fingerprint density at radius 1 is 1.17 bits per heavy atom. The van der Waals surface area contributed by atoms with Crippen molar-refractivity contribution in [3.63, 3.8) is 0 Å². The number of anilines is 1. The molecular weight excluding hydrogens is 234 g/mol. The fourth-order valence-corrected chi connectivity index (χ4v) is 1.99. The van der Waals surface area contributed by atoms with E-state index in [1.807, 2.05) is 24.3 Å². The van der Waals surface area contributed by atoms with Gasteiger partial charge in [0.1, 0.15) is 0 Å². The number of oxime groups is 1. The molecule has 1 saturated heterocycles. The van der Waals surface area contributed by atoms with Crippen LogP contribution in [0.4, 0.5) is 10.5 Å². The van der Waals surface area contributed by atoms with E-state index in [4.69, 9.17) is 10.3 Å². The van der Waals surface area contributed by atoms with E-state index in [0.29, 0.717) is 26.2 Å². The van der Waals surface area contributed by atoms with E-state index in [-0.39, 0.29) is 0 Å². The Morgan fingerprint density at radius 2 is 1.78 bits per heavy atom. The Kier molecular flexibility index (Phi) is 3.66. The average molecular weight is 249 g/mol. The topological polar surface area (TPSA) is 76.4 Å². The van der Waals surface area contributed by atoms with Crippen LogP contribution >= 0.6 is 0 Å². The number of benzene rings is 1. The van der Waals surface area contributed by atoms with Crippen molar-refractivity contribution in [2.24, 2.45) is 5.16 Å². The van der Waals surface area contributed by atoms with Crippen LogP contribution < -0.4 is 4.90 Å². The lowest BCUT2D eigenvalue weighted by molar-refractivity contribution is 0.142. The van der Waals surface area contributed by atoms with E-state index in [1.54, 1.807) is 0 Å². The van der Waals surface area contributed by atoms with Crippen molar-refractivity contribution in [3.8, 4) is 0 Å². The molecule has 1 heterocycles. The van der Waals surface area contributed by atoms with Crippen LogP contribution in [0.2, 0.25) is 0 Å². The van der Waals surface area contributed by atoms with E-state index in [9.17, 15) is 4.79 Å². The maximum Gasteiger partial charge on any atom is 0.407 e. The predicted octanol–water partition coefficient (Wildman–Crippen LogP) is 1.29. The standard InChI is InChI=1S/C12H15N3O3/c16-12(17)15-7-5-14(6-8-15)11-3-1-10(2-4-11)9-13-18/h1-4,9,18H,5-8H2,(H,16,17)/b13-9+. The highest BCUT2D eigenvalue weighted by Crippen LogP contribution is 2.16. The van der Waals surface area contributed by atoms with Crippen molar-refractivity contribution < 1.29 is 15.1 Å². The number of hydrogen-bond donors (Lipinski definition) is 2. The summed E-state index contributed by atoms with van der Waals surface area (Å²) < 4.78 is 0. The van der Waals surface area contributed by atoms with Gasteiger partial charge < -0.3 is 20.1 Å². The number of hydrogen-bond acceptors (Lipinski definition) is 4. The van der Waals surface area contributed by atoms with Gasteiger partial charge in [0.25, 0.3) is 0 Å². The lowest BCUT2D eigenvalue weighted by atomic mass is 10.2. The van der Waals surface area contributed by atoms with Crippen LogP contribution in [0, 0.1) is 0 Å². The fraction of sp³-hybridized carbons (Fsp3) is 0.333. The molecule has 18 heavy (non-hydrogen) atoms. The Morgan fingerprint density at radius 3 is 2.28 bits per heavy atom. The minimum absolute atomic E-state index is 0.523. The van der Waals surface area contributed by atoms with Gasteiger partial charge in [0.2, 0.25) is 0 Å². The molecule has 0 spiro atoms. The van der Waals surface area contributed by atoms with E-state index in [0.717, 1.165) is 11.3 Å². The monoisotopic (exact) mass is 249 g/mol. The minimum Gasteiger partial charge on any atom is -0.465 e. The molecule has 1 aromatic rings. The predicted molar refractivity (Wildman–Crippen MR) is 67.6 cm³/mol. The van der Waals surface area contributed by atoms with Crippen molar-refractivity contribution >= 4 is 18.0 Å². The summed E-state index contributed by atoms with van der Waals surface area (Å²) in [6, 6.07) is 7.60. The summed E-state index contributed by atoms with van der Waals surface area (Å²) in [7, 11) is 0. The first-order valence-electron chi connectivity index (χ1n) is 5.71. The molecule has 0 unspecified atom stereocenters. The van der Waals surface area contributed by atoms with Gasteiger partial charge in [0, 0.05) is 31.9 Å². The van der Waals surface area contributed by atoms with Crippen molar-refractivity contribution in [1.29, 1.82) is 0 Å². The van der Waals surface area contributed by atoms with Crippen molar-refractivity contribution in [2.75, 3.05) is 31.1 Å². The summed E-state index contributed by atoms with van der Waals surface area (Å²) in [5.41, 5.74) is 1.88. The van der Waals surface area contributed by atoms with Crippen molar-refractivity contribution in [1.82, 2.24) is 4.90 Å². The summed E-state index contributed by atoms with van der Waals surface area (Å²) in [4.78, 5) is 14.3. The van der Waals surface area contributed by atoms with Crippen molar-refractivity contribution in [2.45, 2.75) is 0 Å². The third kappa shape index (κ3) is 2.71. The molecule has 0 aromatic heterocycles. The molecular formula is C12H15N3O3. The van der Waals surface area contributed by atoms with Crippen LogP contribution in [0.3, 0.4) is 0 Å². The second-order valence-corrected chi connectivity index (χ2v) is 4.09. The lowest BCUT2D eigenvalue weighted by Gasteiger charge is -2.34. The van der Waals surface area contributed by atoms with E-state index < -0.39 is 6.09 Å². The largest absolute Gasteiger partial charge is 0.465 e. The second kappa shape index (κ2) is 5.39. The van der Waals surface area contributed by atoms with Gasteiger partial charge in [0.05, 0.1) is 6.21 Å². The van der Waals surface area contributed by atoms with Crippen LogP contribution in [-0.2, 0) is 0 Å². The zero-order valence-corrected chi connectivity index (χ0v) is 9.86. The van der Waals surface area contributed by atoms with E-state index in [1.165, 1.54) is 11.1 Å². The molecule has 96 valence electrons. The van der Waals surface area contributed by atoms with Crippen LogP contribution in [0.25, 0.3) is 0 Å². The first-order valence-corrected chi connectivity index (χ1v) is 5.71. The molecule has 1 aliphatic rings. The Bertz CT molecular complexity index is 436. The van der Waals surface area contributed by atoms with E-state index in [2.05, 4.69) is 10.1 Å². The lowest BCUT2D eigenvalue weighted by Crippen LogP contribution is -2.48. The highest BCUT2D eigenvalue weighted by molar-refractivity contribution is 5.79. The number of rotatable bonds is 2. The highest BCUT2D eigenvalue weighted by atomic mass is 16.4. The summed E-state index contributed by atoms with van der Waals surface area (Å²) in [6.07, 6.45) is 0.510. The molecule has 0 atom stereocenters. The SMILES string of the molecule is O=C(O)N1CCN(c2ccc(/C=N/O)cc2)CC1. The normalized spacial score (nSPS) is 16.2. The Labute approximate surface area is 105 Å². The molecule has 1 amide bonds. The van der Waals surface area contributed by atoms with Crippen LogP contribution in [-0.4, -0.2) is 53.7 Å². The van der Waals surface area contributed by atoms with Gasteiger partial charge >= 0.3 is 6.09 Å². The molecule has 0 bridgehead atoms. The molecule has 0 aliphatic carbocycles. The van der Waals surface area contributed by atoms with Gasteiger partial charge in [-0.1, -0.05) is 17.3 Å². The Hall–Kier alpha value is -2.24. The summed E-state index contributed by atoms with van der Waals surface area (Å²) in [5, 5.41) is 20.2. The number of carbonyl (C=O) groups is 1. The molecule has 0 saturated carbocycles. The van der Waals surface area contributed by atoms with Gasteiger partial charge in [0.15, 0.2) is 0 Å². The van der Waals surface area contributed by atoms with Gasteiger partial charge in [-0.05, 0) is 17.7 Å². The second-order valence-electron chi connectivity index (χ2n) is 4.09. The molecule has 2 rings (SSSR count). The van der Waals surface area contributed by atoms with Crippen molar-refractivity contribution in [3.05, 3.63) is 29.8 Å². The zero-order chi connectivity index (χ0) is 13.0. The van der Waals surface area contributed by atoms with E-state index >= 15 is 0 Å². The first kappa shape index (κ1) is 12.2. The summed E-state index contributed by atoms with van der Waals surface area (Å²) >= 11 is 0. The fourth-order valence-electron chi connectivity index (χ4n) is 1.99. The molecule has 1 aliphatic heterocycles. The first-order chi connectivity index (χ1) is 8.70. The Balaban J connectivity index is 1.99. The summed E-state index contributed by atoms with van der Waals surface area (Å²) in [6.45, 7) is 2.43. The molecule has 1 fully saturated rings. The van der Waals surface area contributed by atoms with Crippen LogP contribution in [0.5, 0.6) is 0 Å². The number of carboxylic acid groups (broad SMARTS) is 1. The van der Waals surface area contributed by atoms with Gasteiger partial charge in [-0.25, -0.2) is 4.79 Å². The summed E-state index contributed by atoms with van der Waals surface area (Å²) in [5.74, 6) is 0. The third-order valence-electron chi connectivity index (χ3n) is 3.02. The van der Waals surface area contributed by atoms with Gasteiger partial charge in [-0.2, -0.15) is 0 Å². The molecule has 6 heteroatoms. The van der Waals surface area contributed by atoms with Crippen LogP contribution in [0.1, 0.15) is 5.56 Å². The smallest absolute Gasteiger partial charge is 0.407 e. The maximum absolute atomic E-state index is 10.8. The van der Waals surface area contributed by atoms with Gasteiger partial charge in [-0.15, -0.1) is 0 Å².